The van der Waals surface area contributed by atoms with Crippen molar-refractivity contribution < 1.29 is 14.7 Å². The molecule has 2 heterocycles. The number of hydrazine groups is 1. The van der Waals surface area contributed by atoms with Gasteiger partial charge in [-0.3, -0.25) is 10.2 Å². The fourth-order valence-electron chi connectivity index (χ4n) is 2.66. The Morgan fingerprint density at radius 3 is 2.65 bits per heavy atom. The summed E-state index contributed by atoms with van der Waals surface area (Å²) in [7, 11) is 0. The minimum absolute atomic E-state index is 0.0810. The van der Waals surface area contributed by atoms with Crippen molar-refractivity contribution in [3.63, 3.8) is 0 Å². The van der Waals surface area contributed by atoms with E-state index in [0.29, 0.717) is 19.5 Å². The highest BCUT2D eigenvalue weighted by Gasteiger charge is 2.36. The lowest BCUT2D eigenvalue weighted by Gasteiger charge is -2.37. The van der Waals surface area contributed by atoms with Crippen LogP contribution in [0, 0.1) is 0 Å². The molecular formula is C11H19N3O3. The van der Waals surface area contributed by atoms with Crippen LogP contribution < -0.4 is 5.43 Å². The third-order valence-electron chi connectivity index (χ3n) is 3.67. The van der Waals surface area contributed by atoms with Gasteiger partial charge in [0.25, 0.3) is 0 Å². The Kier molecular flexibility index (Phi) is 3.51. The SMILES string of the molecule is CC[C@@H]1CC(=O)NN1C1CCN(C(=O)O)CC1. The fourth-order valence-corrected chi connectivity index (χ4v) is 2.66. The molecule has 0 bridgehead atoms. The van der Waals surface area contributed by atoms with E-state index in [1.165, 1.54) is 4.90 Å². The lowest BCUT2D eigenvalue weighted by molar-refractivity contribution is -0.121. The van der Waals surface area contributed by atoms with Gasteiger partial charge < -0.3 is 10.0 Å². The standard InChI is InChI=1S/C11H19N3O3/c1-2-8-7-10(15)12-14(8)9-3-5-13(6-4-9)11(16)17/h8-9H,2-7H2,1H3,(H,12,15)(H,16,17)/t8-/m1/s1. The zero-order valence-electron chi connectivity index (χ0n) is 10.1. The van der Waals surface area contributed by atoms with E-state index >= 15 is 0 Å². The summed E-state index contributed by atoms with van der Waals surface area (Å²) in [6.07, 6.45) is 2.25. The first-order chi connectivity index (χ1) is 8.11. The summed E-state index contributed by atoms with van der Waals surface area (Å²) in [4.78, 5) is 23.6. The van der Waals surface area contributed by atoms with Crippen LogP contribution in [0.5, 0.6) is 0 Å². The van der Waals surface area contributed by atoms with Crippen LogP contribution in [0.1, 0.15) is 32.6 Å². The summed E-state index contributed by atoms with van der Waals surface area (Å²) in [5, 5.41) is 10.9. The van der Waals surface area contributed by atoms with Crippen LogP contribution in [0.3, 0.4) is 0 Å². The molecule has 0 saturated carbocycles. The molecule has 6 heteroatoms. The molecule has 0 aromatic rings. The number of likely N-dealkylation sites (tertiary alicyclic amines) is 1. The lowest BCUT2D eigenvalue weighted by Crippen LogP contribution is -2.51. The largest absolute Gasteiger partial charge is 0.465 e. The highest BCUT2D eigenvalue weighted by Crippen LogP contribution is 2.23. The van der Waals surface area contributed by atoms with E-state index in [1.54, 1.807) is 0 Å². The molecule has 2 rings (SSSR count). The first-order valence-electron chi connectivity index (χ1n) is 6.17. The normalized spacial score (nSPS) is 27.2. The van der Waals surface area contributed by atoms with Crippen molar-refractivity contribution in [1.29, 1.82) is 0 Å². The summed E-state index contributed by atoms with van der Waals surface area (Å²) in [5.74, 6) is 0.0810. The van der Waals surface area contributed by atoms with Gasteiger partial charge >= 0.3 is 6.09 Å². The van der Waals surface area contributed by atoms with Gasteiger partial charge in [-0.1, -0.05) is 6.92 Å². The van der Waals surface area contributed by atoms with Gasteiger partial charge in [-0.05, 0) is 19.3 Å². The number of rotatable bonds is 2. The van der Waals surface area contributed by atoms with Crippen molar-refractivity contribution in [2.75, 3.05) is 13.1 Å². The van der Waals surface area contributed by atoms with E-state index in [4.69, 9.17) is 5.11 Å². The molecule has 0 aromatic heterocycles. The molecule has 6 nitrogen and oxygen atoms in total. The van der Waals surface area contributed by atoms with Crippen LogP contribution in [-0.4, -0.2) is 52.2 Å². The number of nitrogens with zero attached hydrogens (tertiary/aromatic N) is 2. The molecule has 2 aliphatic rings. The van der Waals surface area contributed by atoms with Crippen molar-refractivity contribution in [3.8, 4) is 0 Å². The van der Waals surface area contributed by atoms with Gasteiger partial charge in [0.15, 0.2) is 0 Å². The van der Waals surface area contributed by atoms with E-state index in [1.807, 2.05) is 5.01 Å². The van der Waals surface area contributed by atoms with Crippen molar-refractivity contribution >= 4 is 12.0 Å². The summed E-state index contributed by atoms with van der Waals surface area (Å²) in [6, 6.07) is 0.547. The van der Waals surface area contributed by atoms with E-state index in [-0.39, 0.29) is 18.0 Å². The van der Waals surface area contributed by atoms with Crippen LogP contribution in [0.15, 0.2) is 0 Å². The molecule has 2 aliphatic heterocycles. The van der Waals surface area contributed by atoms with Gasteiger partial charge in [0.1, 0.15) is 0 Å². The van der Waals surface area contributed by atoms with Crippen LogP contribution in [0.4, 0.5) is 4.79 Å². The zero-order chi connectivity index (χ0) is 12.4. The second-order valence-corrected chi connectivity index (χ2v) is 4.71. The van der Waals surface area contributed by atoms with Crippen molar-refractivity contribution in [1.82, 2.24) is 15.3 Å². The third kappa shape index (κ3) is 2.52. The molecule has 1 atom stereocenters. The van der Waals surface area contributed by atoms with E-state index < -0.39 is 6.09 Å². The molecular weight excluding hydrogens is 222 g/mol. The average molecular weight is 241 g/mol. The Balaban J connectivity index is 1.92. The van der Waals surface area contributed by atoms with Crippen molar-refractivity contribution in [3.05, 3.63) is 0 Å². The number of carbonyl (C=O) groups excluding carboxylic acids is 1. The molecule has 2 N–H and O–H groups in total. The Hall–Kier alpha value is -1.30. The van der Waals surface area contributed by atoms with Gasteiger partial charge in [-0.2, -0.15) is 0 Å². The highest BCUT2D eigenvalue weighted by atomic mass is 16.4. The van der Waals surface area contributed by atoms with Gasteiger partial charge in [-0.15, -0.1) is 0 Å². The summed E-state index contributed by atoms with van der Waals surface area (Å²) in [5.41, 5.74) is 2.90. The summed E-state index contributed by atoms with van der Waals surface area (Å²) in [6.45, 7) is 3.19. The molecule has 0 unspecified atom stereocenters. The van der Waals surface area contributed by atoms with Gasteiger partial charge in [-0.25, -0.2) is 9.80 Å². The Morgan fingerprint density at radius 1 is 1.47 bits per heavy atom. The summed E-state index contributed by atoms with van der Waals surface area (Å²) < 4.78 is 0. The number of amides is 2. The number of hydrogen-bond acceptors (Lipinski definition) is 3. The molecule has 0 aliphatic carbocycles. The predicted molar refractivity (Wildman–Crippen MR) is 61.3 cm³/mol. The molecule has 0 radical (unpaired) electrons. The minimum Gasteiger partial charge on any atom is -0.465 e. The third-order valence-corrected chi connectivity index (χ3v) is 3.67. The molecule has 2 saturated heterocycles. The van der Waals surface area contributed by atoms with Crippen LogP contribution in [0.2, 0.25) is 0 Å². The van der Waals surface area contributed by atoms with Crippen LogP contribution in [-0.2, 0) is 4.79 Å². The Bertz CT molecular complexity index is 313. The van der Waals surface area contributed by atoms with Crippen molar-refractivity contribution in [2.45, 2.75) is 44.7 Å². The quantitative estimate of drug-likeness (QED) is 0.744. The fraction of sp³-hybridized carbons (Fsp3) is 0.818. The van der Waals surface area contributed by atoms with E-state index in [2.05, 4.69) is 12.3 Å². The highest BCUT2D eigenvalue weighted by molar-refractivity contribution is 5.78. The number of carboxylic acid groups (broad SMARTS) is 1. The Labute approximate surface area is 101 Å². The number of piperidine rings is 1. The van der Waals surface area contributed by atoms with Crippen LogP contribution in [0.25, 0.3) is 0 Å². The maximum atomic E-state index is 11.4. The predicted octanol–water partition coefficient (Wildman–Crippen LogP) is 0.644. The molecule has 96 valence electrons. The zero-order valence-corrected chi connectivity index (χ0v) is 10.1. The number of nitrogens with one attached hydrogen (secondary N) is 1. The molecule has 2 fully saturated rings. The molecule has 17 heavy (non-hydrogen) atoms. The van der Waals surface area contributed by atoms with Crippen molar-refractivity contribution in [2.24, 2.45) is 0 Å². The maximum absolute atomic E-state index is 11.4. The molecule has 2 amide bonds. The maximum Gasteiger partial charge on any atom is 0.407 e. The van der Waals surface area contributed by atoms with Gasteiger partial charge in [0.05, 0.1) is 0 Å². The lowest BCUT2D eigenvalue weighted by atomic mass is 10.0. The molecule has 0 aromatic carbocycles. The smallest absolute Gasteiger partial charge is 0.407 e. The molecule has 0 spiro atoms. The Morgan fingerprint density at radius 2 is 2.12 bits per heavy atom. The van der Waals surface area contributed by atoms with Gasteiger partial charge in [0, 0.05) is 31.6 Å². The minimum atomic E-state index is -0.846. The number of hydrogen-bond donors (Lipinski definition) is 2. The summed E-state index contributed by atoms with van der Waals surface area (Å²) >= 11 is 0. The second kappa shape index (κ2) is 4.91. The first-order valence-corrected chi connectivity index (χ1v) is 6.17. The van der Waals surface area contributed by atoms with E-state index in [9.17, 15) is 9.59 Å². The second-order valence-electron chi connectivity index (χ2n) is 4.71. The number of carbonyl (C=O) groups is 2. The first kappa shape index (κ1) is 12.2. The topological polar surface area (TPSA) is 72.9 Å². The average Bonchev–Trinajstić information content (AvgIpc) is 2.70. The van der Waals surface area contributed by atoms with E-state index in [0.717, 1.165) is 19.3 Å². The van der Waals surface area contributed by atoms with Crippen LogP contribution >= 0.6 is 0 Å². The van der Waals surface area contributed by atoms with Gasteiger partial charge in [0.2, 0.25) is 5.91 Å². The monoisotopic (exact) mass is 241 g/mol.